The number of nitrogens with zero attached hydrogens (tertiary/aromatic N) is 1. The number of anilines is 2. The molecule has 0 saturated heterocycles. The Hall–Kier alpha value is -4.27. The Labute approximate surface area is 207 Å². The molecule has 0 bridgehead atoms. The maximum Gasteiger partial charge on any atom is 0.294 e. The quantitative estimate of drug-likeness (QED) is 0.371. The summed E-state index contributed by atoms with van der Waals surface area (Å²) in [4.78, 5) is 51.5. The molecule has 186 valence electrons. The van der Waals surface area contributed by atoms with Gasteiger partial charge >= 0.3 is 0 Å². The molecule has 0 saturated carbocycles. The van der Waals surface area contributed by atoms with Crippen LogP contribution in [0.5, 0.6) is 0 Å². The number of benzene rings is 2. The molecule has 1 unspecified atom stereocenters. The number of carbonyl (C=O) groups is 4. The van der Waals surface area contributed by atoms with Gasteiger partial charge in [-0.15, -0.1) is 0 Å². The number of aromatic nitrogens is 1. The van der Waals surface area contributed by atoms with Crippen molar-refractivity contribution < 1.29 is 23.6 Å². The van der Waals surface area contributed by atoms with Gasteiger partial charge < -0.3 is 20.5 Å². The Bertz CT molecular complexity index is 1440. The third-order valence-electron chi connectivity index (χ3n) is 6.63. The smallest absolute Gasteiger partial charge is 0.294 e. The Balaban J connectivity index is 1.59. The van der Waals surface area contributed by atoms with E-state index in [-0.39, 0.29) is 29.4 Å². The number of aryl methyl sites for hydroxylation is 2. The number of ketones is 1. The van der Waals surface area contributed by atoms with Crippen molar-refractivity contribution in [1.29, 1.82) is 0 Å². The van der Waals surface area contributed by atoms with Gasteiger partial charge in [0.1, 0.15) is 5.82 Å². The topological polar surface area (TPSA) is 109 Å². The molecule has 9 heteroatoms. The number of carbonyl (C=O) groups excluding carboxylic acids is 4. The molecule has 3 N–H and O–H groups in total. The highest BCUT2D eigenvalue weighted by atomic mass is 19.1. The fourth-order valence-electron chi connectivity index (χ4n) is 4.65. The molecule has 1 aliphatic rings. The second-order valence-electron chi connectivity index (χ2n) is 9.06. The van der Waals surface area contributed by atoms with Gasteiger partial charge in [-0.05, 0) is 68.1 Å². The first-order valence-electron chi connectivity index (χ1n) is 11.5. The zero-order valence-corrected chi connectivity index (χ0v) is 20.7. The van der Waals surface area contributed by atoms with Gasteiger partial charge in [-0.25, -0.2) is 4.39 Å². The molecule has 0 spiro atoms. The summed E-state index contributed by atoms with van der Waals surface area (Å²) in [5.74, 6) is -2.79. The van der Waals surface area contributed by atoms with Gasteiger partial charge in [0.2, 0.25) is 5.91 Å². The van der Waals surface area contributed by atoms with Crippen LogP contribution in [-0.4, -0.2) is 28.1 Å². The molecule has 0 aliphatic carbocycles. The Morgan fingerprint density at radius 3 is 2.47 bits per heavy atom. The van der Waals surface area contributed by atoms with Crippen molar-refractivity contribution >= 4 is 34.9 Å². The van der Waals surface area contributed by atoms with Gasteiger partial charge in [0, 0.05) is 24.1 Å². The zero-order valence-electron chi connectivity index (χ0n) is 20.7. The van der Waals surface area contributed by atoms with Crippen molar-refractivity contribution in [2.45, 2.75) is 40.2 Å². The average molecular weight is 491 g/mol. The normalized spacial score (nSPS) is 14.6. The van der Waals surface area contributed by atoms with E-state index in [1.165, 1.54) is 22.8 Å². The maximum atomic E-state index is 13.6. The highest BCUT2D eigenvalue weighted by Gasteiger charge is 2.32. The summed E-state index contributed by atoms with van der Waals surface area (Å²) in [6.45, 7) is 6.72. The largest absolute Gasteiger partial charge is 0.344 e. The predicted molar refractivity (Wildman–Crippen MR) is 134 cm³/mol. The summed E-state index contributed by atoms with van der Waals surface area (Å²) >= 11 is 0. The summed E-state index contributed by atoms with van der Waals surface area (Å²) in [6, 6.07) is 9.05. The van der Waals surface area contributed by atoms with Crippen LogP contribution in [0.15, 0.2) is 36.4 Å². The first kappa shape index (κ1) is 24.8. The van der Waals surface area contributed by atoms with E-state index >= 15 is 0 Å². The third-order valence-corrected chi connectivity index (χ3v) is 6.63. The van der Waals surface area contributed by atoms with Crippen LogP contribution in [0.1, 0.15) is 61.3 Å². The lowest BCUT2D eigenvalue weighted by Gasteiger charge is -2.27. The highest BCUT2D eigenvalue weighted by Crippen LogP contribution is 2.33. The average Bonchev–Trinajstić information content (AvgIpc) is 3.04. The number of nitrogens with one attached hydrogen (secondary N) is 3. The number of hydrogen-bond acceptors (Lipinski definition) is 4. The minimum atomic E-state index is -0.869. The van der Waals surface area contributed by atoms with E-state index in [1.807, 2.05) is 19.1 Å². The maximum absolute atomic E-state index is 13.6. The van der Waals surface area contributed by atoms with Crippen molar-refractivity contribution in [2.24, 2.45) is 7.05 Å². The summed E-state index contributed by atoms with van der Waals surface area (Å²) in [7, 11) is 1.61. The summed E-state index contributed by atoms with van der Waals surface area (Å²) in [5.41, 5.74) is 4.20. The minimum absolute atomic E-state index is 0.00532. The SMILES string of the molecule is Cc1cc(NC(=O)c2c(C)c(C(=O)C(=O)NC3CC(=O)Nc4c(C)cccc43)n(C)c2C)ccc1F. The van der Waals surface area contributed by atoms with Crippen molar-refractivity contribution in [3.63, 3.8) is 0 Å². The lowest BCUT2D eigenvalue weighted by atomic mass is 9.94. The highest BCUT2D eigenvalue weighted by molar-refractivity contribution is 6.43. The molecular formula is C27H27FN4O4. The fraction of sp³-hybridized carbons (Fsp3) is 0.259. The van der Waals surface area contributed by atoms with Crippen LogP contribution in [0.4, 0.5) is 15.8 Å². The summed E-state index contributed by atoms with van der Waals surface area (Å²) < 4.78 is 15.1. The van der Waals surface area contributed by atoms with Crippen molar-refractivity contribution in [3.8, 4) is 0 Å². The molecule has 0 fully saturated rings. The van der Waals surface area contributed by atoms with E-state index in [4.69, 9.17) is 0 Å². The molecule has 1 aliphatic heterocycles. The fourth-order valence-corrected chi connectivity index (χ4v) is 4.65. The number of fused-ring (bicyclic) bond motifs is 1. The number of para-hydroxylation sites is 1. The number of rotatable bonds is 5. The minimum Gasteiger partial charge on any atom is -0.344 e. The van der Waals surface area contributed by atoms with Crippen LogP contribution < -0.4 is 16.0 Å². The van der Waals surface area contributed by atoms with Crippen molar-refractivity contribution in [2.75, 3.05) is 10.6 Å². The Morgan fingerprint density at radius 2 is 1.78 bits per heavy atom. The second kappa shape index (κ2) is 9.41. The Kier molecular flexibility index (Phi) is 6.49. The molecule has 36 heavy (non-hydrogen) atoms. The number of halogens is 1. The van der Waals surface area contributed by atoms with Gasteiger partial charge in [0.15, 0.2) is 0 Å². The van der Waals surface area contributed by atoms with Gasteiger partial charge in [-0.1, -0.05) is 18.2 Å². The number of Topliss-reactive ketones (excluding diaryl/α,β-unsaturated/α-hetero) is 1. The van der Waals surface area contributed by atoms with Gasteiger partial charge in [0.25, 0.3) is 17.6 Å². The number of amides is 3. The molecule has 0 radical (unpaired) electrons. The first-order valence-corrected chi connectivity index (χ1v) is 11.5. The molecule has 8 nitrogen and oxygen atoms in total. The lowest BCUT2D eigenvalue weighted by molar-refractivity contribution is -0.119. The van der Waals surface area contributed by atoms with Crippen LogP contribution >= 0.6 is 0 Å². The monoisotopic (exact) mass is 490 g/mol. The van der Waals surface area contributed by atoms with Crippen molar-refractivity contribution in [3.05, 3.63) is 81.4 Å². The van der Waals surface area contributed by atoms with Crippen LogP contribution in [0, 0.1) is 33.5 Å². The Morgan fingerprint density at radius 1 is 1.06 bits per heavy atom. The van der Waals surface area contributed by atoms with Gasteiger partial charge in [-0.2, -0.15) is 0 Å². The molecule has 1 aromatic heterocycles. The van der Waals surface area contributed by atoms with E-state index < -0.39 is 23.6 Å². The van der Waals surface area contributed by atoms with Crippen LogP contribution in [-0.2, 0) is 16.6 Å². The molecule has 2 heterocycles. The molecular weight excluding hydrogens is 463 g/mol. The molecule has 3 amide bonds. The summed E-state index contributed by atoms with van der Waals surface area (Å²) in [5, 5.41) is 8.24. The zero-order chi connectivity index (χ0) is 26.3. The van der Waals surface area contributed by atoms with Gasteiger partial charge in [0.05, 0.1) is 23.7 Å². The van der Waals surface area contributed by atoms with E-state index in [9.17, 15) is 23.6 Å². The lowest BCUT2D eigenvalue weighted by Crippen LogP contribution is -2.39. The first-order chi connectivity index (χ1) is 17.0. The van der Waals surface area contributed by atoms with E-state index in [0.29, 0.717) is 28.2 Å². The van der Waals surface area contributed by atoms with Gasteiger partial charge in [-0.3, -0.25) is 19.2 Å². The second-order valence-corrected chi connectivity index (χ2v) is 9.06. The number of hydrogen-bond donors (Lipinski definition) is 3. The van der Waals surface area contributed by atoms with Crippen molar-refractivity contribution in [1.82, 2.24) is 9.88 Å². The van der Waals surface area contributed by atoms with E-state index in [0.717, 1.165) is 11.1 Å². The van der Waals surface area contributed by atoms with Crippen LogP contribution in [0.25, 0.3) is 0 Å². The standard InChI is InChI=1S/C27H27FN4O4/c1-13-7-6-8-18-20(12-21(33)31-23(13)18)30-27(36)25(34)24-15(3)22(16(4)32(24)5)26(35)29-17-9-10-19(28)14(2)11-17/h6-11,20H,12H2,1-5H3,(H,29,35)(H,30,36)(H,31,33). The van der Waals surface area contributed by atoms with E-state index in [1.54, 1.807) is 33.9 Å². The summed E-state index contributed by atoms with van der Waals surface area (Å²) in [6.07, 6.45) is 0.00532. The third kappa shape index (κ3) is 4.39. The molecule has 4 rings (SSSR count). The molecule has 2 aromatic carbocycles. The van der Waals surface area contributed by atoms with Crippen LogP contribution in [0.2, 0.25) is 0 Å². The molecule has 3 aromatic rings. The van der Waals surface area contributed by atoms with Crippen LogP contribution in [0.3, 0.4) is 0 Å². The molecule has 1 atom stereocenters. The van der Waals surface area contributed by atoms with E-state index in [2.05, 4.69) is 16.0 Å². The predicted octanol–water partition coefficient (Wildman–Crippen LogP) is 4.03.